The van der Waals surface area contributed by atoms with Crippen molar-refractivity contribution in [3.8, 4) is 0 Å². The van der Waals surface area contributed by atoms with E-state index in [2.05, 4.69) is 22.5 Å². The van der Waals surface area contributed by atoms with Crippen LogP contribution in [0.1, 0.15) is 52.6 Å². The van der Waals surface area contributed by atoms with Crippen LogP contribution in [-0.4, -0.2) is 22.6 Å². The summed E-state index contributed by atoms with van der Waals surface area (Å²) in [5.74, 6) is -0.146. The average molecular weight is 448 g/mol. The first kappa shape index (κ1) is 23.5. The van der Waals surface area contributed by atoms with Gasteiger partial charge in [-0.05, 0) is 62.1 Å². The molecule has 0 saturated heterocycles. The second-order valence-corrected chi connectivity index (χ2v) is 8.72. The molecule has 1 heterocycles. The summed E-state index contributed by atoms with van der Waals surface area (Å²) in [7, 11) is 0. The van der Waals surface area contributed by atoms with Crippen molar-refractivity contribution in [2.45, 2.75) is 45.2 Å². The fraction of sp³-hybridized carbons (Fsp3) is 0.269. The molecule has 0 radical (unpaired) electrons. The number of hydrogen-bond acceptors (Lipinski definition) is 4. The van der Waals surface area contributed by atoms with Crippen molar-refractivity contribution in [3.05, 3.63) is 88.6 Å². The number of hydrogen-bond donors (Lipinski definition) is 2. The van der Waals surface area contributed by atoms with E-state index in [9.17, 15) is 9.59 Å². The van der Waals surface area contributed by atoms with E-state index in [0.717, 1.165) is 28.9 Å². The van der Waals surface area contributed by atoms with E-state index in [4.69, 9.17) is 0 Å². The molecule has 2 N–H and O–H groups in total. The van der Waals surface area contributed by atoms with Crippen LogP contribution in [-0.2, 0) is 11.2 Å². The lowest BCUT2D eigenvalue weighted by Crippen LogP contribution is -2.28. The predicted octanol–water partition coefficient (Wildman–Crippen LogP) is 5.48. The fourth-order valence-corrected chi connectivity index (χ4v) is 4.40. The number of carbonyl (C=O) groups is 2. The Balaban J connectivity index is 1.70. The minimum absolute atomic E-state index is 0.0923. The van der Waals surface area contributed by atoms with E-state index in [0.29, 0.717) is 10.6 Å². The van der Waals surface area contributed by atoms with E-state index < -0.39 is 0 Å². The average Bonchev–Trinajstić information content (AvgIpc) is 2.78. The molecule has 166 valence electrons. The van der Waals surface area contributed by atoms with Crippen LogP contribution in [0, 0.1) is 13.8 Å². The summed E-state index contributed by atoms with van der Waals surface area (Å²) in [5, 5.41) is 6.53. The number of rotatable bonds is 8. The fourth-order valence-electron chi connectivity index (χ4n) is 3.44. The summed E-state index contributed by atoms with van der Waals surface area (Å²) in [4.78, 5) is 30.2. The summed E-state index contributed by atoms with van der Waals surface area (Å²) in [5.41, 5.74) is 5.14. The third-order valence-electron chi connectivity index (χ3n) is 5.18. The van der Waals surface area contributed by atoms with Crippen LogP contribution in [0.15, 0.2) is 65.7 Å². The van der Waals surface area contributed by atoms with Gasteiger partial charge >= 0.3 is 0 Å². The minimum atomic E-state index is -0.222. The first-order chi connectivity index (χ1) is 15.4. The van der Waals surface area contributed by atoms with Gasteiger partial charge in [-0.1, -0.05) is 61.2 Å². The molecule has 1 aromatic heterocycles. The Labute approximate surface area is 194 Å². The van der Waals surface area contributed by atoms with Crippen molar-refractivity contribution in [1.82, 2.24) is 10.3 Å². The van der Waals surface area contributed by atoms with Gasteiger partial charge in [0.25, 0.3) is 5.91 Å². The van der Waals surface area contributed by atoms with Crippen molar-refractivity contribution in [1.29, 1.82) is 0 Å². The highest BCUT2D eigenvalue weighted by Crippen LogP contribution is 2.26. The third-order valence-corrected chi connectivity index (χ3v) is 6.15. The smallest absolute Gasteiger partial charge is 0.258 e. The highest BCUT2D eigenvalue weighted by Gasteiger charge is 2.19. The molecule has 0 saturated carbocycles. The second kappa shape index (κ2) is 11.0. The number of nitrogens with one attached hydrogen (secondary N) is 2. The van der Waals surface area contributed by atoms with E-state index in [1.54, 1.807) is 0 Å². The molecule has 1 atom stereocenters. The molecule has 0 aliphatic rings. The highest BCUT2D eigenvalue weighted by atomic mass is 32.2. The predicted molar refractivity (Wildman–Crippen MR) is 131 cm³/mol. The number of thioether (sulfide) groups is 1. The van der Waals surface area contributed by atoms with Gasteiger partial charge in [0.05, 0.1) is 17.4 Å². The van der Waals surface area contributed by atoms with E-state index in [-0.39, 0.29) is 23.6 Å². The number of pyridine rings is 1. The maximum absolute atomic E-state index is 13.1. The Kier molecular flexibility index (Phi) is 8.06. The highest BCUT2D eigenvalue weighted by molar-refractivity contribution is 8.00. The van der Waals surface area contributed by atoms with Crippen LogP contribution < -0.4 is 10.6 Å². The van der Waals surface area contributed by atoms with E-state index in [1.807, 2.05) is 81.4 Å². The molecular weight excluding hydrogens is 418 g/mol. The molecule has 0 aliphatic heterocycles. The summed E-state index contributed by atoms with van der Waals surface area (Å²) < 4.78 is 0. The summed E-state index contributed by atoms with van der Waals surface area (Å²) in [6.07, 6.45) is 0.945. The van der Waals surface area contributed by atoms with Crippen LogP contribution in [0.5, 0.6) is 0 Å². The maximum atomic E-state index is 13.1. The topological polar surface area (TPSA) is 71.1 Å². The molecule has 6 heteroatoms. The number of aryl methyl sites for hydroxylation is 3. The third kappa shape index (κ3) is 6.20. The molecule has 0 aliphatic carbocycles. The molecule has 2 amide bonds. The van der Waals surface area contributed by atoms with Crippen molar-refractivity contribution < 1.29 is 9.59 Å². The van der Waals surface area contributed by atoms with Crippen LogP contribution >= 0.6 is 11.8 Å². The molecule has 2 aromatic carbocycles. The molecule has 0 unspecified atom stereocenters. The Morgan fingerprint density at radius 2 is 1.72 bits per heavy atom. The van der Waals surface area contributed by atoms with Crippen LogP contribution in [0.25, 0.3) is 0 Å². The molecule has 0 spiro atoms. The van der Waals surface area contributed by atoms with Gasteiger partial charge in [0, 0.05) is 11.4 Å². The standard InChI is InChI=1S/C26H29N3O2S/c1-5-20-11-13-22(14-12-20)29-25(31)24-17(2)15-18(3)27-26(24)32-16-23(30)28-19(4)21-9-7-6-8-10-21/h6-15,19H,5,16H2,1-4H3,(H,28,30)(H,29,31)/t19-/m1/s1. The number of carbonyl (C=O) groups excluding carboxylic acids is 2. The lowest BCUT2D eigenvalue weighted by molar-refractivity contribution is -0.119. The molecular formula is C26H29N3O2S. The molecule has 3 aromatic rings. The van der Waals surface area contributed by atoms with Crippen molar-refractivity contribution in [2.75, 3.05) is 11.1 Å². The number of nitrogens with zero attached hydrogens (tertiary/aromatic N) is 1. The zero-order valence-electron chi connectivity index (χ0n) is 18.9. The Hall–Kier alpha value is -3.12. The molecule has 32 heavy (non-hydrogen) atoms. The van der Waals surface area contributed by atoms with Gasteiger partial charge in [-0.15, -0.1) is 0 Å². The number of benzene rings is 2. The molecule has 3 rings (SSSR count). The van der Waals surface area contributed by atoms with Gasteiger partial charge in [0.2, 0.25) is 5.91 Å². The zero-order valence-corrected chi connectivity index (χ0v) is 19.8. The lowest BCUT2D eigenvalue weighted by Gasteiger charge is -2.15. The van der Waals surface area contributed by atoms with Gasteiger partial charge in [-0.25, -0.2) is 4.98 Å². The monoisotopic (exact) mass is 447 g/mol. The van der Waals surface area contributed by atoms with E-state index in [1.165, 1.54) is 17.3 Å². The molecule has 0 fully saturated rings. The van der Waals surface area contributed by atoms with Crippen LogP contribution in [0.4, 0.5) is 5.69 Å². The number of amides is 2. The minimum Gasteiger partial charge on any atom is -0.349 e. The first-order valence-corrected chi connectivity index (χ1v) is 11.7. The van der Waals surface area contributed by atoms with Gasteiger partial charge in [-0.3, -0.25) is 9.59 Å². The van der Waals surface area contributed by atoms with Gasteiger partial charge in [0.15, 0.2) is 0 Å². The van der Waals surface area contributed by atoms with Gasteiger partial charge < -0.3 is 10.6 Å². The first-order valence-electron chi connectivity index (χ1n) is 10.7. The SMILES string of the molecule is CCc1ccc(NC(=O)c2c(C)cc(C)nc2SCC(=O)N[C@H](C)c2ccccc2)cc1. The molecule has 0 bridgehead atoms. The summed E-state index contributed by atoms with van der Waals surface area (Å²) in [6.45, 7) is 7.83. The summed E-state index contributed by atoms with van der Waals surface area (Å²) in [6, 6.07) is 19.4. The second-order valence-electron chi connectivity index (χ2n) is 7.75. The Bertz CT molecular complexity index is 1080. The van der Waals surface area contributed by atoms with Crippen LogP contribution in [0.3, 0.4) is 0 Å². The van der Waals surface area contributed by atoms with Crippen molar-refractivity contribution in [2.24, 2.45) is 0 Å². The number of anilines is 1. The normalized spacial score (nSPS) is 11.6. The maximum Gasteiger partial charge on any atom is 0.258 e. The Morgan fingerprint density at radius 1 is 1.03 bits per heavy atom. The van der Waals surface area contributed by atoms with Crippen molar-refractivity contribution in [3.63, 3.8) is 0 Å². The Morgan fingerprint density at radius 3 is 2.38 bits per heavy atom. The van der Waals surface area contributed by atoms with Gasteiger partial charge in [-0.2, -0.15) is 0 Å². The zero-order chi connectivity index (χ0) is 23.1. The van der Waals surface area contributed by atoms with Crippen LogP contribution in [0.2, 0.25) is 0 Å². The lowest BCUT2D eigenvalue weighted by atomic mass is 10.1. The van der Waals surface area contributed by atoms with Crippen molar-refractivity contribution >= 4 is 29.3 Å². The summed E-state index contributed by atoms with van der Waals surface area (Å²) >= 11 is 1.28. The van der Waals surface area contributed by atoms with E-state index >= 15 is 0 Å². The van der Waals surface area contributed by atoms with Gasteiger partial charge in [0.1, 0.15) is 5.03 Å². The largest absolute Gasteiger partial charge is 0.349 e. The molecule has 5 nitrogen and oxygen atoms in total. The number of aromatic nitrogens is 1. The quantitative estimate of drug-likeness (QED) is 0.449.